The first-order chi connectivity index (χ1) is 9.47. The topological polar surface area (TPSA) is 58.5 Å². The molecule has 2 rings (SSSR count). The van der Waals surface area contributed by atoms with Crippen LogP contribution < -0.4 is 5.43 Å². The molecule has 0 bridgehead atoms. The lowest BCUT2D eigenvalue weighted by molar-refractivity contribution is 0.602. The first-order valence-corrected chi connectivity index (χ1v) is 8.07. The predicted molar refractivity (Wildman–Crippen MR) is 82.2 cm³/mol. The molecule has 2 aromatic carbocycles. The summed E-state index contributed by atoms with van der Waals surface area (Å²) in [6, 6.07) is 14.0. The lowest BCUT2D eigenvalue weighted by atomic mass is 10.2. The number of nitrogens with zero attached hydrogens (tertiary/aromatic N) is 1. The minimum Gasteiger partial charge on any atom is -0.279 e. The van der Waals surface area contributed by atoms with Gasteiger partial charge in [0.2, 0.25) is 0 Å². The third-order valence-corrected chi connectivity index (χ3v) is 4.01. The van der Waals surface area contributed by atoms with E-state index in [0.717, 1.165) is 11.9 Å². The summed E-state index contributed by atoms with van der Waals surface area (Å²) in [7, 11) is -3.25. The zero-order chi connectivity index (χ0) is 14.6. The molecule has 0 heterocycles. The molecule has 0 aliphatic heterocycles. The molecule has 0 radical (unpaired) electrons. The molecule has 0 fully saturated rings. The summed E-state index contributed by atoms with van der Waals surface area (Å²) in [5.41, 5.74) is 4.35. The van der Waals surface area contributed by atoms with Crippen molar-refractivity contribution >= 4 is 33.3 Å². The van der Waals surface area contributed by atoms with Crippen LogP contribution in [0.25, 0.3) is 0 Å². The molecule has 20 heavy (non-hydrogen) atoms. The number of hydrogen-bond donors (Lipinski definition) is 1. The summed E-state index contributed by atoms with van der Waals surface area (Å²) in [5, 5.41) is 4.40. The fraction of sp³-hybridized carbons (Fsp3) is 0.0714. The van der Waals surface area contributed by atoms with Crippen LogP contribution in [0.1, 0.15) is 5.56 Å². The standard InChI is InChI=1S/C14H13ClN2O2S/c1-20(18,19)13-8-7-11(14(15)9-13)10-16-17-12-5-3-2-4-6-12/h2-10,17H,1H3. The van der Waals surface area contributed by atoms with E-state index in [0.29, 0.717) is 10.6 Å². The van der Waals surface area contributed by atoms with E-state index in [1.165, 1.54) is 12.1 Å². The van der Waals surface area contributed by atoms with Gasteiger partial charge in [0.25, 0.3) is 0 Å². The Morgan fingerprint density at radius 1 is 1.15 bits per heavy atom. The Kier molecular flexibility index (Phi) is 4.42. The maximum absolute atomic E-state index is 11.4. The van der Waals surface area contributed by atoms with Crippen LogP contribution in [-0.4, -0.2) is 20.9 Å². The summed E-state index contributed by atoms with van der Waals surface area (Å²) in [4.78, 5) is 0.190. The number of rotatable bonds is 4. The van der Waals surface area contributed by atoms with Crippen molar-refractivity contribution in [1.82, 2.24) is 0 Å². The highest BCUT2D eigenvalue weighted by Gasteiger charge is 2.08. The van der Waals surface area contributed by atoms with E-state index in [1.807, 2.05) is 30.3 Å². The second-order valence-corrected chi connectivity index (χ2v) is 6.61. The number of benzene rings is 2. The average Bonchev–Trinajstić information content (AvgIpc) is 2.40. The largest absolute Gasteiger partial charge is 0.279 e. The molecule has 0 spiro atoms. The molecule has 0 atom stereocenters. The fourth-order valence-electron chi connectivity index (χ4n) is 1.53. The van der Waals surface area contributed by atoms with E-state index in [1.54, 1.807) is 12.3 Å². The second-order valence-electron chi connectivity index (χ2n) is 4.19. The summed E-state index contributed by atoms with van der Waals surface area (Å²) < 4.78 is 22.8. The van der Waals surface area contributed by atoms with Gasteiger partial charge in [-0.3, -0.25) is 5.43 Å². The van der Waals surface area contributed by atoms with E-state index < -0.39 is 9.84 Å². The first kappa shape index (κ1) is 14.6. The van der Waals surface area contributed by atoms with Crippen molar-refractivity contribution in [2.24, 2.45) is 5.10 Å². The van der Waals surface area contributed by atoms with E-state index in [2.05, 4.69) is 10.5 Å². The lowest BCUT2D eigenvalue weighted by Gasteiger charge is -2.02. The third kappa shape index (κ3) is 3.82. The zero-order valence-corrected chi connectivity index (χ0v) is 12.3. The Morgan fingerprint density at radius 3 is 2.45 bits per heavy atom. The fourth-order valence-corrected chi connectivity index (χ4v) is 2.47. The zero-order valence-electron chi connectivity index (χ0n) is 10.7. The quantitative estimate of drug-likeness (QED) is 0.697. The molecule has 0 aliphatic carbocycles. The maximum Gasteiger partial charge on any atom is 0.175 e. The molecule has 2 aromatic rings. The molecule has 0 unspecified atom stereocenters. The summed E-state index contributed by atoms with van der Waals surface area (Å²) in [5.74, 6) is 0. The van der Waals surface area contributed by atoms with Crippen LogP contribution in [0.2, 0.25) is 5.02 Å². The van der Waals surface area contributed by atoms with Crippen molar-refractivity contribution in [2.75, 3.05) is 11.7 Å². The molecule has 104 valence electrons. The summed E-state index contributed by atoms with van der Waals surface area (Å²) >= 11 is 6.03. The van der Waals surface area contributed by atoms with Crippen molar-refractivity contribution in [3.63, 3.8) is 0 Å². The predicted octanol–water partition coefficient (Wildman–Crippen LogP) is 3.19. The smallest absolute Gasteiger partial charge is 0.175 e. The second kappa shape index (κ2) is 6.07. The molecule has 4 nitrogen and oxygen atoms in total. The monoisotopic (exact) mass is 308 g/mol. The molecule has 6 heteroatoms. The third-order valence-electron chi connectivity index (χ3n) is 2.57. The average molecular weight is 309 g/mol. The minimum absolute atomic E-state index is 0.190. The van der Waals surface area contributed by atoms with Gasteiger partial charge in [0.15, 0.2) is 9.84 Å². The van der Waals surface area contributed by atoms with Crippen LogP contribution in [0.5, 0.6) is 0 Å². The Bertz CT molecular complexity index is 728. The van der Waals surface area contributed by atoms with Crippen LogP contribution in [0, 0.1) is 0 Å². The lowest BCUT2D eigenvalue weighted by Crippen LogP contribution is -1.98. The van der Waals surface area contributed by atoms with E-state index in [9.17, 15) is 8.42 Å². The van der Waals surface area contributed by atoms with Gasteiger partial charge in [-0.15, -0.1) is 0 Å². The van der Waals surface area contributed by atoms with Gasteiger partial charge in [-0.2, -0.15) is 5.10 Å². The molecular weight excluding hydrogens is 296 g/mol. The van der Waals surface area contributed by atoms with Crippen LogP contribution in [-0.2, 0) is 9.84 Å². The van der Waals surface area contributed by atoms with Gasteiger partial charge in [0.1, 0.15) is 0 Å². The van der Waals surface area contributed by atoms with Gasteiger partial charge in [-0.25, -0.2) is 8.42 Å². The summed E-state index contributed by atoms with van der Waals surface area (Å²) in [6.07, 6.45) is 2.69. The molecule has 0 saturated carbocycles. The molecule has 0 amide bonds. The number of anilines is 1. The maximum atomic E-state index is 11.4. The van der Waals surface area contributed by atoms with Gasteiger partial charge in [-0.1, -0.05) is 35.9 Å². The Hall–Kier alpha value is -1.85. The van der Waals surface area contributed by atoms with E-state index >= 15 is 0 Å². The Labute approximate surface area is 123 Å². The van der Waals surface area contributed by atoms with Crippen LogP contribution in [0.15, 0.2) is 58.5 Å². The number of nitrogens with one attached hydrogen (secondary N) is 1. The van der Waals surface area contributed by atoms with Gasteiger partial charge in [0, 0.05) is 11.8 Å². The Morgan fingerprint density at radius 2 is 1.85 bits per heavy atom. The minimum atomic E-state index is -3.25. The van der Waals surface area contributed by atoms with Crippen molar-refractivity contribution in [1.29, 1.82) is 0 Å². The Balaban J connectivity index is 2.14. The van der Waals surface area contributed by atoms with Crippen LogP contribution >= 0.6 is 11.6 Å². The van der Waals surface area contributed by atoms with Gasteiger partial charge < -0.3 is 0 Å². The summed E-state index contributed by atoms with van der Waals surface area (Å²) in [6.45, 7) is 0. The van der Waals surface area contributed by atoms with Gasteiger partial charge in [0.05, 0.1) is 21.8 Å². The van der Waals surface area contributed by atoms with Crippen LogP contribution in [0.3, 0.4) is 0 Å². The van der Waals surface area contributed by atoms with Gasteiger partial charge in [-0.05, 0) is 24.3 Å². The molecule has 0 aliphatic rings. The molecule has 0 aromatic heterocycles. The van der Waals surface area contributed by atoms with Gasteiger partial charge >= 0.3 is 0 Å². The molecule has 0 saturated heterocycles. The molecule has 1 N–H and O–H groups in total. The van der Waals surface area contributed by atoms with Crippen molar-refractivity contribution in [2.45, 2.75) is 4.90 Å². The van der Waals surface area contributed by atoms with Crippen LogP contribution in [0.4, 0.5) is 5.69 Å². The van der Waals surface area contributed by atoms with Crippen molar-refractivity contribution < 1.29 is 8.42 Å². The molecular formula is C14H13ClN2O2S. The highest BCUT2D eigenvalue weighted by Crippen LogP contribution is 2.19. The number of hydrogen-bond acceptors (Lipinski definition) is 4. The SMILES string of the molecule is CS(=O)(=O)c1ccc(C=NNc2ccccc2)c(Cl)c1. The highest BCUT2D eigenvalue weighted by atomic mass is 35.5. The first-order valence-electron chi connectivity index (χ1n) is 5.80. The number of sulfone groups is 1. The normalized spacial score (nSPS) is 11.7. The number of halogens is 1. The van der Waals surface area contributed by atoms with E-state index in [-0.39, 0.29) is 4.90 Å². The number of hydrazone groups is 1. The number of para-hydroxylation sites is 1. The van der Waals surface area contributed by atoms with E-state index in [4.69, 9.17) is 11.6 Å². The van der Waals surface area contributed by atoms with Crippen molar-refractivity contribution in [3.8, 4) is 0 Å². The van der Waals surface area contributed by atoms with Crippen molar-refractivity contribution in [3.05, 3.63) is 59.1 Å². The highest BCUT2D eigenvalue weighted by molar-refractivity contribution is 7.90.